The summed E-state index contributed by atoms with van der Waals surface area (Å²) in [5.41, 5.74) is 0.885. The quantitative estimate of drug-likeness (QED) is 0.544. The van der Waals surface area contributed by atoms with Crippen molar-refractivity contribution in [1.82, 2.24) is 19.8 Å². The van der Waals surface area contributed by atoms with E-state index >= 15 is 0 Å². The fourth-order valence-electron chi connectivity index (χ4n) is 4.13. The number of benzene rings is 1. The number of fused-ring (bicyclic) bond motifs is 1. The van der Waals surface area contributed by atoms with Crippen LogP contribution in [0.15, 0.2) is 33.7 Å². The van der Waals surface area contributed by atoms with Crippen LogP contribution in [0.4, 0.5) is 0 Å². The molecule has 0 spiro atoms. The van der Waals surface area contributed by atoms with Gasteiger partial charge < -0.3 is 19.3 Å². The largest absolute Gasteiger partial charge is 0.454 e. The number of nitrogens with one attached hydrogen (secondary N) is 1. The summed E-state index contributed by atoms with van der Waals surface area (Å²) in [6.45, 7) is 4.47. The molecule has 2 aliphatic heterocycles. The van der Waals surface area contributed by atoms with Crippen molar-refractivity contribution in [3.05, 3.63) is 40.6 Å². The van der Waals surface area contributed by atoms with Crippen molar-refractivity contribution in [2.75, 3.05) is 19.9 Å². The zero-order valence-corrected chi connectivity index (χ0v) is 20.4. The van der Waals surface area contributed by atoms with Gasteiger partial charge in [-0.2, -0.15) is 9.29 Å². The van der Waals surface area contributed by atoms with Crippen LogP contribution in [0, 0.1) is 19.8 Å². The molecule has 1 fully saturated rings. The molecular weight excluding hydrogens is 480 g/mol. The van der Waals surface area contributed by atoms with Crippen molar-refractivity contribution in [2.24, 2.45) is 5.92 Å². The predicted molar refractivity (Wildman–Crippen MR) is 123 cm³/mol. The number of sulfonamides is 1. The minimum atomic E-state index is -3.77. The van der Waals surface area contributed by atoms with E-state index in [9.17, 15) is 13.2 Å². The highest BCUT2D eigenvalue weighted by Crippen LogP contribution is 2.35. The standard InChI is InChI=1S/C22H24N4O6S2/c1-13-20(9-19(33-13)21-24-14(2)32-25-21)34(28,29)26-7-3-4-16(11-26)22(27)23-10-15-5-6-17-18(8-15)31-12-30-17/h5-6,8-9,16H,3-4,7,10-12H2,1-2H3,(H,23,27)/t16-/m0/s1. The lowest BCUT2D eigenvalue weighted by Crippen LogP contribution is -2.45. The van der Waals surface area contributed by atoms with Gasteiger partial charge in [0.05, 0.1) is 15.7 Å². The molecule has 1 saturated heterocycles. The van der Waals surface area contributed by atoms with Crippen molar-refractivity contribution in [3.8, 4) is 22.2 Å². The van der Waals surface area contributed by atoms with Crippen molar-refractivity contribution < 1.29 is 27.2 Å². The Bertz CT molecular complexity index is 1330. The number of hydrogen-bond donors (Lipinski definition) is 1. The highest BCUT2D eigenvalue weighted by atomic mass is 32.2. The normalized spacial score (nSPS) is 18.2. The number of carbonyl (C=O) groups is 1. The van der Waals surface area contributed by atoms with Crippen LogP contribution in [0.5, 0.6) is 11.5 Å². The van der Waals surface area contributed by atoms with Crippen molar-refractivity contribution in [2.45, 2.75) is 38.1 Å². The van der Waals surface area contributed by atoms with Gasteiger partial charge in [0.25, 0.3) is 0 Å². The molecule has 4 heterocycles. The molecule has 5 rings (SSSR count). The third kappa shape index (κ3) is 4.40. The van der Waals surface area contributed by atoms with E-state index in [1.807, 2.05) is 18.2 Å². The molecule has 180 valence electrons. The summed E-state index contributed by atoms with van der Waals surface area (Å²) in [6, 6.07) is 7.10. The van der Waals surface area contributed by atoms with E-state index in [4.69, 9.17) is 14.0 Å². The lowest BCUT2D eigenvalue weighted by atomic mass is 9.98. The van der Waals surface area contributed by atoms with Gasteiger partial charge in [-0.15, -0.1) is 11.3 Å². The molecule has 10 nitrogen and oxygen atoms in total. The van der Waals surface area contributed by atoms with Crippen molar-refractivity contribution in [1.29, 1.82) is 0 Å². The number of piperidine rings is 1. The number of rotatable bonds is 6. The molecular formula is C22H24N4O6S2. The number of nitrogens with zero attached hydrogens (tertiary/aromatic N) is 3. The smallest absolute Gasteiger partial charge is 0.244 e. The first kappa shape index (κ1) is 22.8. The van der Waals surface area contributed by atoms with E-state index in [0.29, 0.717) is 58.9 Å². The van der Waals surface area contributed by atoms with E-state index in [0.717, 1.165) is 5.56 Å². The fourth-order valence-corrected chi connectivity index (χ4v) is 7.14. The van der Waals surface area contributed by atoms with Crippen LogP contribution in [0.3, 0.4) is 0 Å². The maximum Gasteiger partial charge on any atom is 0.244 e. The van der Waals surface area contributed by atoms with E-state index in [1.165, 1.54) is 15.6 Å². The second-order valence-electron chi connectivity index (χ2n) is 8.28. The number of ether oxygens (including phenoxy) is 2. The molecule has 1 aromatic carbocycles. The van der Waals surface area contributed by atoms with E-state index in [-0.39, 0.29) is 24.1 Å². The molecule has 0 aliphatic carbocycles. The van der Waals surface area contributed by atoms with Crippen molar-refractivity contribution >= 4 is 27.3 Å². The minimum Gasteiger partial charge on any atom is -0.454 e. The van der Waals surface area contributed by atoms with E-state index < -0.39 is 15.9 Å². The SMILES string of the molecule is Cc1nc(-c2cc(S(=O)(=O)N3CCC[C@H](C(=O)NCc4ccc5c(c4)OCO5)C3)c(C)s2)no1. The van der Waals surface area contributed by atoms with Gasteiger partial charge in [0.2, 0.25) is 34.4 Å². The molecule has 0 radical (unpaired) electrons. The van der Waals surface area contributed by atoms with Gasteiger partial charge >= 0.3 is 0 Å². The third-order valence-corrected chi connectivity index (χ3v) is 9.06. The number of aryl methyl sites for hydroxylation is 2. The summed E-state index contributed by atoms with van der Waals surface area (Å²) in [4.78, 5) is 18.5. The first-order valence-corrected chi connectivity index (χ1v) is 13.1. The number of amides is 1. The van der Waals surface area contributed by atoms with Gasteiger partial charge in [0, 0.05) is 31.4 Å². The number of thiophene rings is 1. The summed E-state index contributed by atoms with van der Waals surface area (Å²) in [7, 11) is -3.77. The van der Waals surface area contributed by atoms with Crippen LogP contribution in [0.25, 0.3) is 10.7 Å². The van der Waals surface area contributed by atoms with Gasteiger partial charge in [0.1, 0.15) is 0 Å². The fraction of sp³-hybridized carbons (Fsp3) is 0.409. The van der Waals surface area contributed by atoms with Gasteiger partial charge in [-0.25, -0.2) is 8.42 Å². The molecule has 0 saturated carbocycles. The van der Waals surface area contributed by atoms with Crippen LogP contribution in [0.2, 0.25) is 0 Å². The zero-order chi connectivity index (χ0) is 23.9. The van der Waals surface area contributed by atoms with Gasteiger partial charge in [-0.3, -0.25) is 4.79 Å². The Kier molecular flexibility index (Phi) is 6.04. The molecule has 2 aromatic heterocycles. The second kappa shape index (κ2) is 9.01. The summed E-state index contributed by atoms with van der Waals surface area (Å²) >= 11 is 1.30. The minimum absolute atomic E-state index is 0.140. The predicted octanol–water partition coefficient (Wildman–Crippen LogP) is 2.86. The number of hydrogen-bond acceptors (Lipinski definition) is 9. The van der Waals surface area contributed by atoms with Gasteiger partial charge in [-0.1, -0.05) is 11.2 Å². The molecule has 34 heavy (non-hydrogen) atoms. The Morgan fingerprint density at radius 2 is 2.06 bits per heavy atom. The first-order valence-electron chi connectivity index (χ1n) is 10.9. The monoisotopic (exact) mass is 504 g/mol. The third-order valence-electron chi connectivity index (χ3n) is 5.90. The molecule has 1 amide bonds. The molecule has 0 unspecified atom stereocenters. The summed E-state index contributed by atoms with van der Waals surface area (Å²) in [5.74, 6) is 1.54. The zero-order valence-electron chi connectivity index (χ0n) is 18.7. The maximum atomic E-state index is 13.4. The lowest BCUT2D eigenvalue weighted by molar-refractivity contribution is -0.126. The van der Waals surface area contributed by atoms with Crippen LogP contribution >= 0.6 is 11.3 Å². The molecule has 1 N–H and O–H groups in total. The van der Waals surface area contributed by atoms with Crippen LogP contribution in [-0.2, 0) is 21.4 Å². The molecule has 2 aliphatic rings. The first-order chi connectivity index (χ1) is 16.3. The van der Waals surface area contributed by atoms with Crippen LogP contribution < -0.4 is 14.8 Å². The lowest BCUT2D eigenvalue weighted by Gasteiger charge is -2.31. The van der Waals surface area contributed by atoms with Gasteiger partial charge in [0.15, 0.2) is 11.5 Å². The number of carbonyl (C=O) groups excluding carboxylic acids is 1. The molecule has 1 atom stereocenters. The van der Waals surface area contributed by atoms with E-state index in [2.05, 4.69) is 15.5 Å². The second-order valence-corrected chi connectivity index (χ2v) is 11.4. The topological polar surface area (TPSA) is 124 Å². The average molecular weight is 505 g/mol. The Balaban J connectivity index is 1.26. The summed E-state index contributed by atoms with van der Waals surface area (Å²) < 4.78 is 44.0. The maximum absolute atomic E-state index is 13.4. The summed E-state index contributed by atoms with van der Waals surface area (Å²) in [5, 5.41) is 6.81. The van der Waals surface area contributed by atoms with Gasteiger partial charge in [-0.05, 0) is 43.5 Å². The summed E-state index contributed by atoms with van der Waals surface area (Å²) in [6.07, 6.45) is 1.25. The molecule has 3 aromatic rings. The average Bonchev–Trinajstić information content (AvgIpc) is 3.56. The van der Waals surface area contributed by atoms with Crippen LogP contribution in [-0.4, -0.2) is 48.7 Å². The Hall–Kier alpha value is -2.96. The Morgan fingerprint density at radius 1 is 1.24 bits per heavy atom. The molecule has 0 bridgehead atoms. The Labute approximate surface area is 200 Å². The Morgan fingerprint density at radius 3 is 2.85 bits per heavy atom. The highest BCUT2D eigenvalue weighted by molar-refractivity contribution is 7.89. The highest BCUT2D eigenvalue weighted by Gasteiger charge is 2.35. The van der Waals surface area contributed by atoms with E-state index in [1.54, 1.807) is 19.9 Å². The number of aromatic nitrogens is 2. The van der Waals surface area contributed by atoms with Crippen molar-refractivity contribution in [3.63, 3.8) is 0 Å². The molecule has 12 heteroatoms. The van der Waals surface area contributed by atoms with Crippen LogP contribution in [0.1, 0.15) is 29.2 Å².